The number of rotatable bonds is 5. The summed E-state index contributed by atoms with van der Waals surface area (Å²) in [6.45, 7) is 2.83. The van der Waals surface area contributed by atoms with Gasteiger partial charge in [0.2, 0.25) is 5.91 Å². The van der Waals surface area contributed by atoms with E-state index >= 15 is 0 Å². The number of nitrogens with one attached hydrogen (secondary N) is 1. The first-order valence-corrected chi connectivity index (χ1v) is 8.77. The molecule has 1 saturated heterocycles. The van der Waals surface area contributed by atoms with Gasteiger partial charge in [-0.1, -0.05) is 0 Å². The summed E-state index contributed by atoms with van der Waals surface area (Å²) in [5.74, 6) is -0.212. The van der Waals surface area contributed by atoms with Crippen LogP contribution in [0.1, 0.15) is 37.8 Å². The summed E-state index contributed by atoms with van der Waals surface area (Å²) in [5.41, 5.74) is 1.05. The number of amides is 1. The van der Waals surface area contributed by atoms with Crippen molar-refractivity contribution in [2.24, 2.45) is 5.92 Å². The molecule has 1 aromatic heterocycles. The van der Waals surface area contributed by atoms with Crippen molar-refractivity contribution in [3.05, 3.63) is 11.1 Å². The van der Waals surface area contributed by atoms with Gasteiger partial charge < -0.3 is 15.3 Å². The quantitative estimate of drug-likeness (QED) is 0.866. The number of carbonyl (C=O) groups excluding carboxylic acids is 1. The Labute approximate surface area is 129 Å². The van der Waals surface area contributed by atoms with Crippen molar-refractivity contribution in [1.82, 2.24) is 10.3 Å². The van der Waals surface area contributed by atoms with Crippen LogP contribution in [0.3, 0.4) is 0 Å². The van der Waals surface area contributed by atoms with E-state index in [2.05, 4.69) is 20.6 Å². The Morgan fingerprint density at radius 1 is 1.38 bits per heavy atom. The first-order chi connectivity index (χ1) is 10.2. The lowest BCUT2D eigenvalue weighted by Gasteiger charge is -2.14. The molecule has 2 heterocycles. The van der Waals surface area contributed by atoms with Crippen molar-refractivity contribution in [2.75, 3.05) is 24.5 Å². The van der Waals surface area contributed by atoms with Crippen LogP contribution in [0.4, 0.5) is 5.13 Å². The Morgan fingerprint density at radius 2 is 2.19 bits per heavy atom. The second-order valence-electron chi connectivity index (χ2n) is 5.96. The highest BCUT2D eigenvalue weighted by Gasteiger charge is 2.31. The van der Waals surface area contributed by atoms with Crippen LogP contribution in [0.2, 0.25) is 0 Å². The van der Waals surface area contributed by atoms with Crippen LogP contribution in [0, 0.1) is 5.92 Å². The minimum Gasteiger partial charge on any atom is -0.392 e. The molecule has 6 heteroatoms. The van der Waals surface area contributed by atoms with E-state index in [0.29, 0.717) is 6.54 Å². The van der Waals surface area contributed by atoms with Gasteiger partial charge in [0.1, 0.15) is 0 Å². The smallest absolute Gasteiger partial charge is 0.225 e. The first-order valence-electron chi connectivity index (χ1n) is 7.89. The van der Waals surface area contributed by atoms with Crippen molar-refractivity contribution >= 4 is 22.4 Å². The van der Waals surface area contributed by atoms with Crippen LogP contribution >= 0.6 is 11.3 Å². The van der Waals surface area contributed by atoms with Crippen molar-refractivity contribution in [2.45, 2.75) is 44.6 Å². The zero-order chi connectivity index (χ0) is 14.7. The third-order valence-electron chi connectivity index (χ3n) is 4.41. The molecule has 0 aromatic carbocycles. The van der Waals surface area contributed by atoms with Crippen LogP contribution in [0.5, 0.6) is 0 Å². The zero-order valence-corrected chi connectivity index (χ0v) is 13.1. The topological polar surface area (TPSA) is 65.5 Å². The molecule has 0 bridgehead atoms. The molecule has 1 amide bonds. The van der Waals surface area contributed by atoms with Gasteiger partial charge in [-0.15, -0.1) is 11.3 Å². The Balaban J connectivity index is 1.44. The maximum absolute atomic E-state index is 12.0. The second kappa shape index (κ2) is 6.75. The Morgan fingerprint density at radius 3 is 2.90 bits per heavy atom. The molecule has 1 aliphatic heterocycles. The second-order valence-corrected chi connectivity index (χ2v) is 6.80. The van der Waals surface area contributed by atoms with E-state index in [0.717, 1.165) is 49.6 Å². The molecule has 21 heavy (non-hydrogen) atoms. The molecule has 2 N–H and O–H groups in total. The summed E-state index contributed by atoms with van der Waals surface area (Å²) in [5, 5.41) is 15.9. The maximum atomic E-state index is 12.0. The zero-order valence-electron chi connectivity index (χ0n) is 12.3. The molecule has 116 valence electrons. The van der Waals surface area contributed by atoms with E-state index in [1.54, 1.807) is 11.3 Å². The van der Waals surface area contributed by atoms with Crippen molar-refractivity contribution in [3.63, 3.8) is 0 Å². The third kappa shape index (κ3) is 3.55. The average molecular weight is 309 g/mol. The number of carbonyl (C=O) groups is 1. The molecular formula is C15H23N3O2S. The molecule has 2 fully saturated rings. The van der Waals surface area contributed by atoms with Crippen molar-refractivity contribution < 1.29 is 9.90 Å². The molecule has 2 atom stereocenters. The fourth-order valence-corrected chi connectivity index (χ4v) is 4.07. The van der Waals surface area contributed by atoms with Gasteiger partial charge in [0.25, 0.3) is 0 Å². The summed E-state index contributed by atoms with van der Waals surface area (Å²) in [6.07, 6.45) is 5.34. The third-order valence-corrected chi connectivity index (χ3v) is 5.36. The predicted molar refractivity (Wildman–Crippen MR) is 83.6 cm³/mol. The minimum atomic E-state index is -0.453. The largest absolute Gasteiger partial charge is 0.392 e. The molecule has 1 aliphatic carbocycles. The maximum Gasteiger partial charge on any atom is 0.225 e. The SMILES string of the molecule is O=C(NCCc1csc(N2CCCC2)n1)C1CCCC1O. The molecule has 1 aromatic rings. The van der Waals surface area contributed by atoms with Gasteiger partial charge in [-0.25, -0.2) is 4.98 Å². The lowest BCUT2D eigenvalue weighted by atomic mass is 10.1. The first kappa shape index (κ1) is 14.8. The number of thiazole rings is 1. The Hall–Kier alpha value is -1.14. The van der Waals surface area contributed by atoms with Crippen LogP contribution in [0.15, 0.2) is 5.38 Å². The van der Waals surface area contributed by atoms with E-state index in [-0.39, 0.29) is 11.8 Å². The van der Waals surface area contributed by atoms with Gasteiger partial charge in [-0.05, 0) is 32.1 Å². The van der Waals surface area contributed by atoms with Gasteiger partial charge in [0.15, 0.2) is 5.13 Å². The van der Waals surface area contributed by atoms with Crippen LogP contribution in [-0.2, 0) is 11.2 Å². The molecule has 2 aliphatic rings. The monoisotopic (exact) mass is 309 g/mol. The van der Waals surface area contributed by atoms with E-state index < -0.39 is 6.10 Å². The van der Waals surface area contributed by atoms with Crippen LogP contribution in [-0.4, -0.2) is 41.7 Å². The Kier molecular flexibility index (Phi) is 4.75. The molecular weight excluding hydrogens is 286 g/mol. The normalized spacial score (nSPS) is 25.5. The lowest BCUT2D eigenvalue weighted by molar-refractivity contribution is -0.127. The highest BCUT2D eigenvalue weighted by atomic mass is 32.1. The molecule has 0 radical (unpaired) electrons. The van der Waals surface area contributed by atoms with E-state index in [4.69, 9.17) is 0 Å². The van der Waals surface area contributed by atoms with Gasteiger partial charge in [0, 0.05) is 31.4 Å². The van der Waals surface area contributed by atoms with Gasteiger partial charge >= 0.3 is 0 Å². The summed E-state index contributed by atoms with van der Waals surface area (Å²) in [6, 6.07) is 0. The summed E-state index contributed by atoms with van der Waals surface area (Å²) >= 11 is 1.69. The number of aliphatic hydroxyl groups is 1. The molecule has 3 rings (SSSR count). The fourth-order valence-electron chi connectivity index (χ4n) is 3.16. The molecule has 2 unspecified atom stereocenters. The summed E-state index contributed by atoms with van der Waals surface area (Å²) in [7, 11) is 0. The van der Waals surface area contributed by atoms with Gasteiger partial charge in [0.05, 0.1) is 17.7 Å². The number of hydrogen-bond acceptors (Lipinski definition) is 5. The van der Waals surface area contributed by atoms with E-state index in [1.807, 2.05) is 0 Å². The number of nitrogens with zero attached hydrogens (tertiary/aromatic N) is 2. The average Bonchev–Trinajstić information content (AvgIpc) is 3.19. The predicted octanol–water partition coefficient (Wildman–Crippen LogP) is 1.56. The number of anilines is 1. The van der Waals surface area contributed by atoms with Crippen molar-refractivity contribution in [3.8, 4) is 0 Å². The fraction of sp³-hybridized carbons (Fsp3) is 0.733. The van der Waals surface area contributed by atoms with Gasteiger partial charge in [-0.3, -0.25) is 4.79 Å². The highest BCUT2D eigenvalue weighted by Crippen LogP contribution is 2.26. The van der Waals surface area contributed by atoms with Crippen LogP contribution < -0.4 is 10.2 Å². The van der Waals surface area contributed by atoms with Gasteiger partial charge in [-0.2, -0.15) is 0 Å². The minimum absolute atomic E-state index is 0.00463. The standard InChI is InChI=1S/C15H23N3O2S/c19-13-5-3-4-12(13)14(20)16-7-6-11-10-21-15(17-11)18-8-1-2-9-18/h10,12-13,19H,1-9H2,(H,16,20). The summed E-state index contributed by atoms with van der Waals surface area (Å²) in [4.78, 5) is 18.9. The van der Waals surface area contributed by atoms with Crippen LogP contribution in [0.25, 0.3) is 0 Å². The number of aromatic nitrogens is 1. The highest BCUT2D eigenvalue weighted by molar-refractivity contribution is 7.13. The van der Waals surface area contributed by atoms with Crippen molar-refractivity contribution in [1.29, 1.82) is 0 Å². The number of hydrogen-bond donors (Lipinski definition) is 2. The molecule has 5 nitrogen and oxygen atoms in total. The molecule has 1 saturated carbocycles. The lowest BCUT2D eigenvalue weighted by Crippen LogP contribution is -2.35. The Bertz CT molecular complexity index is 485. The molecule has 0 spiro atoms. The van der Waals surface area contributed by atoms with E-state index in [1.165, 1.54) is 12.8 Å². The summed E-state index contributed by atoms with van der Waals surface area (Å²) < 4.78 is 0. The van der Waals surface area contributed by atoms with E-state index in [9.17, 15) is 9.90 Å². The number of aliphatic hydroxyl groups excluding tert-OH is 1.